The predicted octanol–water partition coefficient (Wildman–Crippen LogP) is 2.72. The molecule has 168 valence electrons. The summed E-state index contributed by atoms with van der Waals surface area (Å²) in [7, 11) is 2.68. The minimum atomic E-state index is -1.09. The average molecular weight is 469 g/mol. The summed E-state index contributed by atoms with van der Waals surface area (Å²) in [6.45, 7) is 0.727. The molecule has 1 aromatic rings. The van der Waals surface area contributed by atoms with E-state index >= 15 is 0 Å². The zero-order valence-electron chi connectivity index (χ0n) is 16.8. The van der Waals surface area contributed by atoms with Crippen LogP contribution in [0.1, 0.15) is 30.9 Å². The molecule has 10 heteroatoms. The van der Waals surface area contributed by atoms with Gasteiger partial charge in [0.1, 0.15) is 11.9 Å². The largest absolute Gasteiger partial charge is 0.480 e. The Bertz CT molecular complexity index is 877. The molecule has 7 nitrogen and oxygen atoms in total. The molecule has 1 aliphatic carbocycles. The third-order valence-corrected chi connectivity index (χ3v) is 8.27. The number of carboxylic acids is 2. The summed E-state index contributed by atoms with van der Waals surface area (Å²) in [5.41, 5.74) is 6.47. The fourth-order valence-electron chi connectivity index (χ4n) is 3.60. The number of carboxylic acid groups (broad SMARTS) is 2. The fourth-order valence-corrected chi connectivity index (χ4v) is 6.42. The van der Waals surface area contributed by atoms with Crippen LogP contribution in [-0.4, -0.2) is 63.0 Å². The highest BCUT2D eigenvalue weighted by Gasteiger charge is 2.41. The van der Waals surface area contributed by atoms with Crippen LogP contribution in [0.5, 0.6) is 0 Å². The maximum absolute atomic E-state index is 14.6. The normalized spacial score (nSPS) is 22.8. The highest BCUT2D eigenvalue weighted by Crippen LogP contribution is 2.42. The van der Waals surface area contributed by atoms with Crippen LogP contribution in [0, 0.1) is 11.7 Å². The number of likely N-dealkylation sites (tertiary alicyclic amines) is 1. The van der Waals surface area contributed by atoms with Gasteiger partial charge in [0.25, 0.3) is 0 Å². The Kier molecular flexibility index (Phi) is 8.15. The number of carbonyl (C=O) groups is 3. The van der Waals surface area contributed by atoms with Gasteiger partial charge in [0, 0.05) is 41.6 Å². The Morgan fingerprint density at radius 2 is 1.94 bits per heavy atom. The second-order valence-corrected chi connectivity index (χ2v) is 10.3. The van der Waals surface area contributed by atoms with Crippen LogP contribution in [0.2, 0.25) is 0 Å². The predicted molar refractivity (Wildman–Crippen MR) is 118 cm³/mol. The van der Waals surface area contributed by atoms with E-state index in [1.54, 1.807) is 18.2 Å². The zero-order chi connectivity index (χ0) is 22.5. The molecule has 1 saturated heterocycles. The summed E-state index contributed by atoms with van der Waals surface area (Å²) < 4.78 is 14.6. The van der Waals surface area contributed by atoms with Crippen LogP contribution < -0.4 is 5.73 Å². The first-order valence-electron chi connectivity index (χ1n) is 10.00. The highest BCUT2D eigenvalue weighted by molar-refractivity contribution is 8.77. The molecular weight excluding hydrogens is 443 g/mol. The topological polar surface area (TPSA) is 121 Å². The number of ketones is 1. The zero-order valence-corrected chi connectivity index (χ0v) is 18.4. The molecule has 1 aliphatic heterocycles. The first-order chi connectivity index (χ1) is 14.8. The molecule has 4 N–H and O–H groups in total. The molecule has 3 atom stereocenters. The van der Waals surface area contributed by atoms with Crippen LogP contribution in [0.4, 0.5) is 4.39 Å². The van der Waals surface area contributed by atoms with Crippen molar-refractivity contribution in [3.05, 3.63) is 47.3 Å². The van der Waals surface area contributed by atoms with Crippen molar-refractivity contribution in [3.63, 3.8) is 0 Å². The molecule has 0 radical (unpaired) electrons. The first kappa shape index (κ1) is 23.8. The van der Waals surface area contributed by atoms with Crippen molar-refractivity contribution < 1.29 is 29.0 Å². The van der Waals surface area contributed by atoms with E-state index in [9.17, 15) is 23.9 Å². The molecule has 0 bridgehead atoms. The standard InChI is InChI=1S/C21H25FN2O5S2/c22-15-4-2-1-3-14(15)19(20(27)12-5-6-12)24-8-7-17(13(10-24)9-18(25)26)31-30-11-16(23)21(28)29/h1-4,9,12,16-17,19H,5-8,10-11,23H2,(H,25,26)(H,28,29)/b13-9+/t16-,17+,19-/m0/s1. The van der Waals surface area contributed by atoms with E-state index in [4.69, 9.17) is 10.8 Å². The lowest BCUT2D eigenvalue weighted by Crippen LogP contribution is -2.43. The van der Waals surface area contributed by atoms with Crippen LogP contribution in [0.15, 0.2) is 35.9 Å². The Morgan fingerprint density at radius 3 is 2.55 bits per heavy atom. The quantitative estimate of drug-likeness (QED) is 0.351. The van der Waals surface area contributed by atoms with Crippen LogP contribution in [0.3, 0.4) is 0 Å². The van der Waals surface area contributed by atoms with Gasteiger partial charge in [-0.15, -0.1) is 0 Å². The lowest BCUT2D eigenvalue weighted by Gasteiger charge is -2.38. The number of nitrogens with zero attached hydrogens (tertiary/aromatic N) is 1. The molecule has 31 heavy (non-hydrogen) atoms. The van der Waals surface area contributed by atoms with Crippen molar-refractivity contribution in [2.75, 3.05) is 18.8 Å². The molecule has 2 fully saturated rings. The monoisotopic (exact) mass is 468 g/mol. The maximum Gasteiger partial charge on any atom is 0.328 e. The first-order valence-corrected chi connectivity index (χ1v) is 12.4. The van der Waals surface area contributed by atoms with Gasteiger partial charge in [-0.3, -0.25) is 14.5 Å². The molecule has 0 aromatic heterocycles. The lowest BCUT2D eigenvalue weighted by molar-refractivity contribution is -0.138. The van der Waals surface area contributed by atoms with Crippen LogP contribution >= 0.6 is 21.6 Å². The van der Waals surface area contributed by atoms with Gasteiger partial charge in [-0.2, -0.15) is 0 Å². The summed E-state index contributed by atoms with van der Waals surface area (Å²) >= 11 is 0. The number of piperidine rings is 1. The van der Waals surface area contributed by atoms with E-state index in [0.29, 0.717) is 24.1 Å². The number of aliphatic carboxylic acids is 2. The molecule has 1 aromatic carbocycles. The molecule has 3 rings (SSSR count). The summed E-state index contributed by atoms with van der Waals surface area (Å²) in [5.74, 6) is -2.52. The van der Waals surface area contributed by atoms with E-state index in [2.05, 4.69) is 0 Å². The number of hydrogen-bond donors (Lipinski definition) is 3. The molecule has 0 spiro atoms. The summed E-state index contributed by atoms with van der Waals surface area (Å²) in [6, 6.07) is 4.49. The van der Waals surface area contributed by atoms with Crippen LogP contribution in [-0.2, 0) is 14.4 Å². The van der Waals surface area contributed by atoms with Gasteiger partial charge in [0.05, 0.1) is 6.04 Å². The molecule has 1 saturated carbocycles. The molecule has 1 heterocycles. The van der Waals surface area contributed by atoms with E-state index < -0.39 is 29.8 Å². The minimum Gasteiger partial charge on any atom is -0.480 e. The van der Waals surface area contributed by atoms with Gasteiger partial charge in [-0.1, -0.05) is 39.8 Å². The lowest BCUT2D eigenvalue weighted by atomic mass is 9.93. The van der Waals surface area contributed by atoms with Gasteiger partial charge in [-0.05, 0) is 30.9 Å². The van der Waals surface area contributed by atoms with Crippen molar-refractivity contribution in [2.24, 2.45) is 11.7 Å². The number of Topliss-reactive ketones (excluding diaryl/α,β-unsaturated/α-hetero) is 1. The van der Waals surface area contributed by atoms with E-state index in [-0.39, 0.29) is 29.2 Å². The Balaban J connectivity index is 1.77. The number of carbonyl (C=O) groups excluding carboxylic acids is 1. The summed E-state index contributed by atoms with van der Waals surface area (Å²) in [5, 5.41) is 18.1. The Labute approximate surface area is 187 Å². The fraction of sp³-hybridized carbons (Fsp3) is 0.476. The van der Waals surface area contributed by atoms with E-state index in [0.717, 1.165) is 18.9 Å². The Morgan fingerprint density at radius 1 is 1.23 bits per heavy atom. The molecule has 0 unspecified atom stereocenters. The van der Waals surface area contributed by atoms with E-state index in [1.807, 2.05) is 4.90 Å². The SMILES string of the molecule is N[C@@H](CSS[C@@H]1CCN([C@H](C(=O)C2CC2)c2ccccc2F)C/C1=C\C(=O)O)C(=O)O. The second kappa shape index (κ2) is 10.6. The highest BCUT2D eigenvalue weighted by atomic mass is 33.1. The minimum absolute atomic E-state index is 0.0207. The number of halogens is 1. The smallest absolute Gasteiger partial charge is 0.328 e. The van der Waals surface area contributed by atoms with Gasteiger partial charge in [0.2, 0.25) is 0 Å². The molecule has 0 amide bonds. The van der Waals surface area contributed by atoms with Crippen molar-refractivity contribution in [1.82, 2.24) is 4.90 Å². The number of rotatable bonds is 10. The number of benzene rings is 1. The van der Waals surface area contributed by atoms with Gasteiger partial charge >= 0.3 is 11.9 Å². The summed E-state index contributed by atoms with van der Waals surface area (Å²) in [6.07, 6.45) is 3.30. The molecule has 2 aliphatic rings. The van der Waals surface area contributed by atoms with Crippen LogP contribution in [0.25, 0.3) is 0 Å². The van der Waals surface area contributed by atoms with Crippen molar-refractivity contribution in [1.29, 1.82) is 0 Å². The van der Waals surface area contributed by atoms with Gasteiger partial charge in [0.15, 0.2) is 5.78 Å². The van der Waals surface area contributed by atoms with Crippen molar-refractivity contribution in [3.8, 4) is 0 Å². The average Bonchev–Trinajstić information content (AvgIpc) is 3.55. The van der Waals surface area contributed by atoms with E-state index in [1.165, 1.54) is 27.7 Å². The van der Waals surface area contributed by atoms with Gasteiger partial charge < -0.3 is 15.9 Å². The Hall–Kier alpha value is -1.88. The van der Waals surface area contributed by atoms with Gasteiger partial charge in [-0.25, -0.2) is 9.18 Å². The number of nitrogens with two attached hydrogens (primary N) is 1. The third-order valence-electron chi connectivity index (χ3n) is 5.35. The number of hydrogen-bond acceptors (Lipinski definition) is 7. The maximum atomic E-state index is 14.6. The van der Waals surface area contributed by atoms with Crippen molar-refractivity contribution in [2.45, 2.75) is 36.6 Å². The third kappa shape index (κ3) is 6.31. The summed E-state index contributed by atoms with van der Waals surface area (Å²) in [4.78, 5) is 37.2. The molecular formula is C21H25FN2O5S2. The second-order valence-electron chi connectivity index (χ2n) is 7.73. The van der Waals surface area contributed by atoms with Crippen molar-refractivity contribution >= 4 is 39.3 Å².